The molecular formula is C24H31N3O3. The first-order valence-corrected chi connectivity index (χ1v) is 10.4. The van der Waals surface area contributed by atoms with Crippen molar-refractivity contribution in [3.8, 4) is 5.75 Å². The summed E-state index contributed by atoms with van der Waals surface area (Å²) in [5.74, 6) is 0.312. The van der Waals surface area contributed by atoms with Crippen LogP contribution in [0.3, 0.4) is 0 Å². The van der Waals surface area contributed by atoms with Gasteiger partial charge in [-0.3, -0.25) is 9.59 Å². The van der Waals surface area contributed by atoms with E-state index in [9.17, 15) is 9.59 Å². The summed E-state index contributed by atoms with van der Waals surface area (Å²) in [5, 5.41) is 3.06. The molecule has 0 bridgehead atoms. The maximum absolute atomic E-state index is 13.2. The molecule has 2 aromatic carbocycles. The van der Waals surface area contributed by atoms with Crippen LogP contribution < -0.4 is 15.0 Å². The van der Waals surface area contributed by atoms with E-state index in [4.69, 9.17) is 4.74 Å². The number of benzene rings is 2. The summed E-state index contributed by atoms with van der Waals surface area (Å²) in [6.45, 7) is 3.35. The minimum Gasteiger partial charge on any atom is -0.496 e. The molecule has 0 radical (unpaired) electrons. The lowest BCUT2D eigenvalue weighted by Gasteiger charge is -2.41. The highest BCUT2D eigenvalue weighted by Crippen LogP contribution is 2.43. The Morgan fingerprint density at radius 1 is 1.17 bits per heavy atom. The van der Waals surface area contributed by atoms with Crippen LogP contribution in [0.1, 0.15) is 30.0 Å². The molecule has 0 unspecified atom stereocenters. The number of anilines is 1. The molecule has 0 spiro atoms. The molecule has 2 atom stereocenters. The number of para-hydroxylation sites is 1. The lowest BCUT2D eigenvalue weighted by atomic mass is 9.82. The highest BCUT2D eigenvalue weighted by Gasteiger charge is 2.42. The summed E-state index contributed by atoms with van der Waals surface area (Å²) in [6.07, 6.45) is 0.850. The highest BCUT2D eigenvalue weighted by molar-refractivity contribution is 5.97. The van der Waals surface area contributed by atoms with Gasteiger partial charge < -0.3 is 19.9 Å². The number of amides is 2. The average molecular weight is 410 g/mol. The number of hydrogen-bond donors (Lipinski definition) is 1. The topological polar surface area (TPSA) is 61.9 Å². The number of aryl methyl sites for hydroxylation is 1. The molecule has 6 nitrogen and oxygen atoms in total. The van der Waals surface area contributed by atoms with Gasteiger partial charge in [-0.15, -0.1) is 0 Å². The second-order valence-corrected chi connectivity index (χ2v) is 8.03. The van der Waals surface area contributed by atoms with E-state index in [1.54, 1.807) is 12.0 Å². The normalized spacial score (nSPS) is 19.1. The van der Waals surface area contributed by atoms with E-state index in [0.717, 1.165) is 23.4 Å². The van der Waals surface area contributed by atoms with E-state index in [1.165, 1.54) is 0 Å². The zero-order chi connectivity index (χ0) is 21.7. The molecule has 1 fully saturated rings. The number of carbonyl (C=O) groups is 2. The fourth-order valence-corrected chi connectivity index (χ4v) is 3.98. The van der Waals surface area contributed by atoms with Crippen molar-refractivity contribution in [2.45, 2.75) is 25.8 Å². The average Bonchev–Trinajstić information content (AvgIpc) is 2.74. The van der Waals surface area contributed by atoms with E-state index in [-0.39, 0.29) is 17.7 Å². The van der Waals surface area contributed by atoms with Gasteiger partial charge in [-0.2, -0.15) is 0 Å². The Bertz CT molecular complexity index is 880. The smallest absolute Gasteiger partial charge is 0.227 e. The Labute approximate surface area is 178 Å². The van der Waals surface area contributed by atoms with Crippen LogP contribution in [0.4, 0.5) is 5.69 Å². The van der Waals surface area contributed by atoms with Crippen molar-refractivity contribution < 1.29 is 14.3 Å². The number of methoxy groups -OCH3 is 1. The minimum absolute atomic E-state index is 0.0205. The Hall–Kier alpha value is -2.86. The van der Waals surface area contributed by atoms with Crippen molar-refractivity contribution in [1.29, 1.82) is 0 Å². The zero-order valence-electron chi connectivity index (χ0n) is 18.2. The molecular weight excluding hydrogens is 378 g/mol. The molecule has 0 saturated carbocycles. The fraction of sp³-hybridized carbons (Fsp3) is 0.417. The molecule has 30 heavy (non-hydrogen) atoms. The lowest BCUT2D eigenvalue weighted by Crippen LogP contribution is -2.49. The highest BCUT2D eigenvalue weighted by atomic mass is 16.5. The number of hydrogen-bond acceptors (Lipinski definition) is 4. The second kappa shape index (κ2) is 9.76. The largest absolute Gasteiger partial charge is 0.496 e. The molecule has 1 aliphatic heterocycles. The van der Waals surface area contributed by atoms with Crippen molar-refractivity contribution in [3.63, 3.8) is 0 Å². The van der Waals surface area contributed by atoms with Gasteiger partial charge in [-0.05, 0) is 45.6 Å². The maximum atomic E-state index is 13.2. The Kier molecular flexibility index (Phi) is 7.11. The van der Waals surface area contributed by atoms with E-state index in [1.807, 2.05) is 74.4 Å². The molecule has 6 heteroatoms. The lowest BCUT2D eigenvalue weighted by molar-refractivity contribution is -0.129. The van der Waals surface area contributed by atoms with Crippen LogP contribution in [-0.4, -0.2) is 51.0 Å². The van der Waals surface area contributed by atoms with E-state index in [0.29, 0.717) is 25.1 Å². The van der Waals surface area contributed by atoms with Crippen LogP contribution in [0, 0.1) is 12.8 Å². The van der Waals surface area contributed by atoms with Crippen molar-refractivity contribution in [2.75, 3.05) is 39.2 Å². The van der Waals surface area contributed by atoms with E-state index >= 15 is 0 Å². The predicted molar refractivity (Wildman–Crippen MR) is 119 cm³/mol. The number of carbonyl (C=O) groups excluding carboxylic acids is 2. The van der Waals surface area contributed by atoms with Gasteiger partial charge in [-0.25, -0.2) is 0 Å². The number of rotatable bonds is 7. The van der Waals surface area contributed by atoms with E-state index in [2.05, 4.69) is 5.32 Å². The Balaban J connectivity index is 2.02. The van der Waals surface area contributed by atoms with Gasteiger partial charge >= 0.3 is 0 Å². The van der Waals surface area contributed by atoms with Gasteiger partial charge in [-0.1, -0.05) is 35.9 Å². The third-order valence-electron chi connectivity index (χ3n) is 5.56. The monoisotopic (exact) mass is 409 g/mol. The number of piperidine rings is 1. The third kappa shape index (κ3) is 4.82. The molecule has 0 aromatic heterocycles. The number of likely N-dealkylation sites (N-methyl/N-ethyl adjacent to an activating group) is 1. The first kappa shape index (κ1) is 21.8. The molecule has 1 N–H and O–H groups in total. The minimum atomic E-state index is -0.426. The molecule has 1 saturated heterocycles. The standard InChI is InChI=1S/C24H31N3O3/c1-17-9-11-18(12-10-17)27-22(28)14-13-20(24(29)25-15-16-26(2)3)23(27)19-7-5-6-8-21(19)30-4/h5-12,20,23H,13-16H2,1-4H3,(H,25,29)/t20-,23+/m0/s1. The van der Waals surface area contributed by atoms with Crippen LogP contribution in [0.2, 0.25) is 0 Å². The molecule has 1 heterocycles. The fourth-order valence-electron chi connectivity index (χ4n) is 3.98. The van der Waals surface area contributed by atoms with Gasteiger partial charge in [0.25, 0.3) is 0 Å². The maximum Gasteiger partial charge on any atom is 0.227 e. The van der Waals surface area contributed by atoms with Crippen molar-refractivity contribution >= 4 is 17.5 Å². The molecule has 3 rings (SSSR count). The van der Waals surface area contributed by atoms with Crippen LogP contribution in [0.5, 0.6) is 5.75 Å². The summed E-state index contributed by atoms with van der Waals surface area (Å²) in [5.41, 5.74) is 2.77. The first-order valence-electron chi connectivity index (χ1n) is 10.4. The Morgan fingerprint density at radius 2 is 1.87 bits per heavy atom. The van der Waals surface area contributed by atoms with Gasteiger partial charge in [0, 0.05) is 30.8 Å². The number of nitrogens with zero attached hydrogens (tertiary/aromatic N) is 2. The number of nitrogens with one attached hydrogen (secondary N) is 1. The SMILES string of the molecule is COc1ccccc1[C@@H]1[C@@H](C(=O)NCCN(C)C)CCC(=O)N1c1ccc(C)cc1. The summed E-state index contributed by atoms with van der Waals surface area (Å²) >= 11 is 0. The van der Waals surface area contributed by atoms with E-state index < -0.39 is 6.04 Å². The first-order chi connectivity index (χ1) is 14.4. The van der Waals surface area contributed by atoms with Gasteiger partial charge in [0.15, 0.2) is 0 Å². The van der Waals surface area contributed by atoms with Crippen LogP contribution in [0.25, 0.3) is 0 Å². The number of ether oxygens (including phenoxy) is 1. The van der Waals surface area contributed by atoms with Crippen molar-refractivity contribution in [1.82, 2.24) is 10.2 Å². The molecule has 160 valence electrons. The zero-order valence-corrected chi connectivity index (χ0v) is 18.2. The summed E-state index contributed by atoms with van der Waals surface area (Å²) < 4.78 is 5.60. The molecule has 1 aliphatic rings. The van der Waals surface area contributed by atoms with Crippen LogP contribution in [-0.2, 0) is 9.59 Å². The molecule has 0 aliphatic carbocycles. The molecule has 2 aromatic rings. The Morgan fingerprint density at radius 3 is 2.53 bits per heavy atom. The van der Waals surface area contributed by atoms with Gasteiger partial charge in [0.2, 0.25) is 11.8 Å². The van der Waals surface area contributed by atoms with Gasteiger partial charge in [0.1, 0.15) is 5.75 Å². The van der Waals surface area contributed by atoms with Crippen molar-refractivity contribution in [2.24, 2.45) is 5.92 Å². The predicted octanol–water partition coefficient (Wildman–Crippen LogP) is 3.17. The van der Waals surface area contributed by atoms with Crippen LogP contribution >= 0.6 is 0 Å². The van der Waals surface area contributed by atoms with Gasteiger partial charge in [0.05, 0.1) is 19.1 Å². The third-order valence-corrected chi connectivity index (χ3v) is 5.56. The summed E-state index contributed by atoms with van der Waals surface area (Å²) in [4.78, 5) is 30.1. The quantitative estimate of drug-likeness (QED) is 0.763. The summed E-state index contributed by atoms with van der Waals surface area (Å²) in [7, 11) is 5.57. The van der Waals surface area contributed by atoms with Crippen molar-refractivity contribution in [3.05, 3.63) is 59.7 Å². The summed E-state index contributed by atoms with van der Waals surface area (Å²) in [6, 6.07) is 15.1. The molecule has 2 amide bonds. The van der Waals surface area contributed by atoms with Crippen LogP contribution in [0.15, 0.2) is 48.5 Å². The second-order valence-electron chi connectivity index (χ2n) is 8.03.